The van der Waals surface area contributed by atoms with Crippen LogP contribution in [0.25, 0.3) is 0 Å². The van der Waals surface area contributed by atoms with E-state index in [1.54, 1.807) is 0 Å². The number of nitrogens with two attached hydrogens (primary N) is 1. The minimum atomic E-state index is 0.238. The van der Waals surface area contributed by atoms with Gasteiger partial charge >= 0.3 is 0 Å². The van der Waals surface area contributed by atoms with Gasteiger partial charge in [0.05, 0.1) is 6.04 Å². The van der Waals surface area contributed by atoms with Crippen LogP contribution in [0.15, 0.2) is 60.7 Å². The highest BCUT2D eigenvalue weighted by Crippen LogP contribution is 2.27. The van der Waals surface area contributed by atoms with Crippen molar-refractivity contribution in [2.24, 2.45) is 5.73 Å². The molecular formula is C16H20N2. The van der Waals surface area contributed by atoms with Gasteiger partial charge in [0.15, 0.2) is 0 Å². The van der Waals surface area contributed by atoms with Crippen LogP contribution in [0.1, 0.15) is 24.1 Å². The fraction of sp³-hybridized carbons (Fsp3) is 0.250. The van der Waals surface area contributed by atoms with E-state index in [0.717, 1.165) is 6.54 Å². The first-order chi connectivity index (χ1) is 8.86. The predicted molar refractivity (Wildman–Crippen MR) is 76.2 cm³/mol. The zero-order chi connectivity index (χ0) is 12.8. The molecule has 0 fully saturated rings. The molecule has 0 heterocycles. The van der Waals surface area contributed by atoms with E-state index < -0.39 is 0 Å². The Morgan fingerprint density at radius 2 is 1.33 bits per heavy atom. The van der Waals surface area contributed by atoms with Gasteiger partial charge in [-0.2, -0.15) is 0 Å². The second kappa shape index (κ2) is 6.34. The Hall–Kier alpha value is -1.64. The normalized spacial score (nSPS) is 11.1. The van der Waals surface area contributed by atoms with Crippen molar-refractivity contribution in [2.45, 2.75) is 13.0 Å². The van der Waals surface area contributed by atoms with E-state index in [9.17, 15) is 0 Å². The third-order valence-electron chi connectivity index (χ3n) is 3.24. The minimum Gasteiger partial charge on any atom is -0.318 e. The van der Waals surface area contributed by atoms with E-state index in [4.69, 9.17) is 5.73 Å². The number of hydrogen-bond donors (Lipinski definition) is 1. The van der Waals surface area contributed by atoms with Gasteiger partial charge in [-0.05, 0) is 17.7 Å². The highest BCUT2D eigenvalue weighted by atomic mass is 15.2. The molecule has 2 nitrogen and oxygen atoms in total. The molecular weight excluding hydrogens is 220 g/mol. The summed E-state index contributed by atoms with van der Waals surface area (Å²) in [5.74, 6) is 0. The maximum absolute atomic E-state index is 5.88. The second-order valence-corrected chi connectivity index (χ2v) is 4.31. The zero-order valence-electron chi connectivity index (χ0n) is 10.8. The molecule has 0 atom stereocenters. The van der Waals surface area contributed by atoms with E-state index in [1.165, 1.54) is 11.1 Å². The summed E-state index contributed by atoms with van der Waals surface area (Å²) in [6.45, 7) is 3.64. The summed E-state index contributed by atoms with van der Waals surface area (Å²) in [7, 11) is 0. The van der Waals surface area contributed by atoms with Crippen LogP contribution in [0.3, 0.4) is 0 Å². The highest BCUT2D eigenvalue weighted by Gasteiger charge is 2.19. The van der Waals surface area contributed by atoms with Crippen LogP contribution in [-0.4, -0.2) is 18.1 Å². The molecule has 2 N–H and O–H groups in total. The highest BCUT2D eigenvalue weighted by molar-refractivity contribution is 5.31. The van der Waals surface area contributed by atoms with Gasteiger partial charge in [0.2, 0.25) is 0 Å². The van der Waals surface area contributed by atoms with Gasteiger partial charge in [-0.15, -0.1) is 0 Å². The van der Waals surface area contributed by atoms with E-state index in [-0.39, 0.29) is 6.04 Å². The number of rotatable bonds is 5. The SMILES string of the molecule is CCN(CN)C(c1ccccc1)c1ccccc1. The average molecular weight is 240 g/mol. The lowest BCUT2D eigenvalue weighted by atomic mass is 9.97. The molecule has 0 aliphatic carbocycles. The van der Waals surface area contributed by atoms with Gasteiger partial charge < -0.3 is 5.73 Å². The van der Waals surface area contributed by atoms with Gasteiger partial charge in [-0.25, -0.2) is 0 Å². The average Bonchev–Trinajstić information content (AvgIpc) is 2.46. The number of hydrogen-bond acceptors (Lipinski definition) is 2. The Morgan fingerprint density at radius 1 is 0.889 bits per heavy atom. The monoisotopic (exact) mass is 240 g/mol. The summed E-state index contributed by atoms with van der Waals surface area (Å²) in [6.07, 6.45) is 0. The van der Waals surface area contributed by atoms with Crippen LogP contribution in [-0.2, 0) is 0 Å². The molecule has 0 bridgehead atoms. The largest absolute Gasteiger partial charge is 0.318 e. The molecule has 0 saturated carbocycles. The Bertz CT molecular complexity index is 410. The quantitative estimate of drug-likeness (QED) is 0.814. The zero-order valence-corrected chi connectivity index (χ0v) is 10.8. The van der Waals surface area contributed by atoms with Gasteiger partial charge in [0.1, 0.15) is 0 Å². The summed E-state index contributed by atoms with van der Waals surface area (Å²) >= 11 is 0. The van der Waals surface area contributed by atoms with Crippen molar-refractivity contribution in [2.75, 3.05) is 13.2 Å². The predicted octanol–water partition coefficient (Wildman–Crippen LogP) is 3.01. The van der Waals surface area contributed by atoms with Crippen molar-refractivity contribution in [1.82, 2.24) is 4.90 Å². The second-order valence-electron chi connectivity index (χ2n) is 4.31. The van der Waals surface area contributed by atoms with E-state index >= 15 is 0 Å². The first-order valence-electron chi connectivity index (χ1n) is 6.40. The van der Waals surface area contributed by atoms with Crippen LogP contribution in [0, 0.1) is 0 Å². The van der Waals surface area contributed by atoms with Crippen molar-refractivity contribution in [3.63, 3.8) is 0 Å². The fourth-order valence-corrected chi connectivity index (χ4v) is 2.30. The standard InChI is InChI=1S/C16H20N2/c1-2-18(13-17)16(14-9-5-3-6-10-14)15-11-7-4-8-12-15/h3-12,16H,2,13,17H2,1H3. The Morgan fingerprint density at radius 3 is 1.67 bits per heavy atom. The van der Waals surface area contributed by atoms with E-state index in [0.29, 0.717) is 6.67 Å². The van der Waals surface area contributed by atoms with Gasteiger partial charge in [0.25, 0.3) is 0 Å². The molecule has 0 aliphatic heterocycles. The van der Waals surface area contributed by atoms with Crippen LogP contribution in [0.4, 0.5) is 0 Å². The molecule has 2 aromatic carbocycles. The molecule has 0 aromatic heterocycles. The third kappa shape index (κ3) is 2.78. The van der Waals surface area contributed by atoms with Crippen LogP contribution >= 0.6 is 0 Å². The lowest BCUT2D eigenvalue weighted by Gasteiger charge is -2.30. The molecule has 18 heavy (non-hydrogen) atoms. The van der Waals surface area contributed by atoms with Crippen LogP contribution in [0.5, 0.6) is 0 Å². The first-order valence-corrected chi connectivity index (χ1v) is 6.40. The molecule has 0 saturated heterocycles. The maximum atomic E-state index is 5.88. The van der Waals surface area contributed by atoms with Crippen molar-refractivity contribution in [1.29, 1.82) is 0 Å². The smallest absolute Gasteiger partial charge is 0.0612 e. The lowest BCUT2D eigenvalue weighted by molar-refractivity contribution is 0.244. The Balaban J connectivity index is 2.41. The lowest BCUT2D eigenvalue weighted by Crippen LogP contribution is -2.34. The van der Waals surface area contributed by atoms with Gasteiger partial charge in [0, 0.05) is 6.67 Å². The molecule has 94 valence electrons. The number of benzene rings is 2. The molecule has 0 unspecified atom stereocenters. The number of nitrogens with zero attached hydrogens (tertiary/aromatic N) is 1. The van der Waals surface area contributed by atoms with E-state index in [1.807, 2.05) is 12.1 Å². The van der Waals surface area contributed by atoms with Crippen molar-refractivity contribution < 1.29 is 0 Å². The summed E-state index contributed by atoms with van der Waals surface area (Å²) in [4.78, 5) is 2.27. The molecule has 2 heteroatoms. The summed E-state index contributed by atoms with van der Waals surface area (Å²) in [6, 6.07) is 21.3. The molecule has 0 amide bonds. The van der Waals surface area contributed by atoms with Gasteiger partial charge in [-0.3, -0.25) is 4.90 Å². The molecule has 0 spiro atoms. The fourth-order valence-electron chi connectivity index (χ4n) is 2.30. The van der Waals surface area contributed by atoms with Gasteiger partial charge in [-0.1, -0.05) is 67.6 Å². The Kier molecular flexibility index (Phi) is 4.51. The van der Waals surface area contributed by atoms with Crippen molar-refractivity contribution in [3.05, 3.63) is 71.8 Å². The maximum Gasteiger partial charge on any atom is 0.0612 e. The van der Waals surface area contributed by atoms with E-state index in [2.05, 4.69) is 60.4 Å². The first kappa shape index (κ1) is 12.8. The van der Waals surface area contributed by atoms with Crippen LogP contribution in [0.2, 0.25) is 0 Å². The van der Waals surface area contributed by atoms with Crippen molar-refractivity contribution >= 4 is 0 Å². The topological polar surface area (TPSA) is 29.3 Å². The molecule has 2 rings (SSSR count). The summed E-state index contributed by atoms with van der Waals surface area (Å²) < 4.78 is 0. The third-order valence-corrected chi connectivity index (χ3v) is 3.24. The van der Waals surface area contributed by atoms with Crippen LogP contribution < -0.4 is 5.73 Å². The molecule has 0 radical (unpaired) electrons. The Labute approximate surface area is 109 Å². The molecule has 0 aliphatic rings. The minimum absolute atomic E-state index is 0.238. The van der Waals surface area contributed by atoms with Crippen molar-refractivity contribution in [3.8, 4) is 0 Å². The summed E-state index contributed by atoms with van der Waals surface area (Å²) in [5, 5.41) is 0. The summed E-state index contributed by atoms with van der Waals surface area (Å²) in [5.41, 5.74) is 8.46. The molecule has 2 aromatic rings.